The lowest BCUT2D eigenvalue weighted by molar-refractivity contribution is -0.132. The zero-order chi connectivity index (χ0) is 29.9. The first-order chi connectivity index (χ1) is 20.9. The molecule has 4 aromatic rings. The minimum atomic E-state index is -1.00. The van der Waals surface area contributed by atoms with Crippen LogP contribution in [0.5, 0.6) is 17.2 Å². The summed E-state index contributed by atoms with van der Waals surface area (Å²) in [7, 11) is 0. The topological polar surface area (TPSA) is 111 Å². The lowest BCUT2D eigenvalue weighted by Gasteiger charge is -2.23. The van der Waals surface area contributed by atoms with Gasteiger partial charge in [-0.2, -0.15) is 0 Å². The molecule has 2 aliphatic heterocycles. The second-order valence-electron chi connectivity index (χ2n) is 9.43. The number of fused-ring (bicyclic) bond motifs is 1. The fraction of sp³-hybridized carbons (Fsp3) is 0.161. The summed E-state index contributed by atoms with van der Waals surface area (Å²) < 4.78 is 17.6. The number of hydrogen-bond donors (Lipinski definition) is 1. The predicted octanol–water partition coefficient (Wildman–Crippen LogP) is 6.45. The summed E-state index contributed by atoms with van der Waals surface area (Å²) >= 11 is 8.89. The van der Waals surface area contributed by atoms with Crippen molar-refractivity contribution in [3.8, 4) is 17.2 Å². The van der Waals surface area contributed by atoms with Crippen molar-refractivity contribution in [1.82, 2.24) is 10.2 Å². The molecular weight excluding hydrogens is 610 g/mol. The summed E-state index contributed by atoms with van der Waals surface area (Å²) in [6.45, 7) is 4.71. The number of carbonyl (C=O) groups excluding carboxylic acids is 2. The number of Topliss-reactive ketones (excluding diaryl/α,β-unsaturated/α-hetero) is 1. The van der Waals surface area contributed by atoms with Crippen molar-refractivity contribution in [2.45, 2.75) is 16.1 Å². The van der Waals surface area contributed by atoms with Gasteiger partial charge in [-0.25, -0.2) is 0 Å². The number of hydrogen-bond acceptors (Lipinski definition) is 10. The third-order valence-corrected chi connectivity index (χ3v) is 9.19. The molecule has 3 heterocycles. The van der Waals surface area contributed by atoms with Crippen LogP contribution in [0.4, 0.5) is 5.13 Å². The molecular formula is C31H24ClN3O6S2. The maximum atomic E-state index is 13.6. The first-order valence-corrected chi connectivity index (χ1v) is 15.4. The van der Waals surface area contributed by atoms with Gasteiger partial charge < -0.3 is 19.3 Å². The number of rotatable bonds is 9. The van der Waals surface area contributed by atoms with E-state index in [0.29, 0.717) is 56.7 Å². The Morgan fingerprint density at radius 1 is 1.09 bits per heavy atom. The average molecular weight is 634 g/mol. The van der Waals surface area contributed by atoms with Crippen molar-refractivity contribution >= 4 is 57.3 Å². The molecule has 0 aliphatic carbocycles. The number of aliphatic hydroxyl groups is 1. The van der Waals surface area contributed by atoms with Gasteiger partial charge in [0.25, 0.3) is 5.78 Å². The SMILES string of the molecule is C=CCOc1cccc([C@H]2/C(=C(\O)c3ccc4c(c3)OCCO4)C(=O)C(=O)N2c2nnc(SCc3ccccc3Cl)s2)c1. The van der Waals surface area contributed by atoms with Crippen molar-refractivity contribution in [3.05, 3.63) is 107 Å². The van der Waals surface area contributed by atoms with Crippen molar-refractivity contribution in [1.29, 1.82) is 0 Å². The Bertz CT molecular complexity index is 1760. The molecule has 6 rings (SSSR count). The third kappa shape index (κ3) is 5.83. The molecule has 1 amide bonds. The Balaban J connectivity index is 1.40. The first-order valence-electron chi connectivity index (χ1n) is 13.2. The molecule has 0 spiro atoms. The highest BCUT2D eigenvalue weighted by Gasteiger charge is 2.48. The summed E-state index contributed by atoms with van der Waals surface area (Å²) in [5.74, 6) is -0.0134. The third-order valence-electron chi connectivity index (χ3n) is 6.71. The normalized spacial score (nSPS) is 17.2. The molecule has 218 valence electrons. The van der Waals surface area contributed by atoms with Crippen LogP contribution < -0.4 is 19.1 Å². The van der Waals surface area contributed by atoms with Crippen molar-refractivity contribution in [2.75, 3.05) is 24.7 Å². The van der Waals surface area contributed by atoms with E-state index in [1.54, 1.807) is 48.5 Å². The Hall–Kier alpha value is -4.32. The number of thioether (sulfide) groups is 1. The number of aromatic nitrogens is 2. The van der Waals surface area contributed by atoms with Gasteiger partial charge in [-0.15, -0.1) is 10.2 Å². The summed E-state index contributed by atoms with van der Waals surface area (Å²) in [6, 6.07) is 18.4. The Morgan fingerprint density at radius 3 is 2.72 bits per heavy atom. The fourth-order valence-corrected chi connectivity index (χ4v) is 6.89. The number of nitrogens with zero attached hydrogens (tertiary/aromatic N) is 3. The van der Waals surface area contributed by atoms with E-state index in [1.165, 1.54) is 28.0 Å². The van der Waals surface area contributed by atoms with Gasteiger partial charge in [0.15, 0.2) is 15.8 Å². The predicted molar refractivity (Wildman–Crippen MR) is 165 cm³/mol. The van der Waals surface area contributed by atoms with Crippen LogP contribution in [0.2, 0.25) is 5.02 Å². The van der Waals surface area contributed by atoms with Crippen LogP contribution in [0.3, 0.4) is 0 Å². The van der Waals surface area contributed by atoms with Crippen LogP contribution in [0.25, 0.3) is 5.76 Å². The van der Waals surface area contributed by atoms with E-state index < -0.39 is 17.7 Å². The van der Waals surface area contributed by atoms with Crippen molar-refractivity contribution < 1.29 is 28.9 Å². The molecule has 2 aliphatic rings. The van der Waals surface area contributed by atoms with Crippen LogP contribution in [0.15, 0.2) is 89.3 Å². The minimum Gasteiger partial charge on any atom is -0.507 e. The zero-order valence-corrected chi connectivity index (χ0v) is 25.0. The number of ether oxygens (including phenoxy) is 3. The van der Waals surface area contributed by atoms with E-state index >= 15 is 0 Å². The van der Waals surface area contributed by atoms with Crippen LogP contribution in [0, 0.1) is 0 Å². The Kier molecular flexibility index (Phi) is 8.37. The molecule has 0 bridgehead atoms. The molecule has 1 atom stereocenters. The van der Waals surface area contributed by atoms with Crippen LogP contribution in [0.1, 0.15) is 22.7 Å². The Labute approximate surface area is 260 Å². The second-order valence-corrected chi connectivity index (χ2v) is 12.0. The largest absolute Gasteiger partial charge is 0.507 e. The van der Waals surface area contributed by atoms with Crippen LogP contribution >= 0.6 is 34.7 Å². The Morgan fingerprint density at radius 2 is 1.91 bits per heavy atom. The second kappa shape index (κ2) is 12.5. The maximum absolute atomic E-state index is 13.6. The van der Waals surface area contributed by atoms with E-state index in [-0.39, 0.29) is 23.1 Å². The van der Waals surface area contributed by atoms with E-state index in [0.717, 1.165) is 5.56 Å². The van der Waals surface area contributed by atoms with Crippen molar-refractivity contribution in [3.63, 3.8) is 0 Å². The first kappa shape index (κ1) is 28.8. The van der Waals surface area contributed by atoms with Crippen LogP contribution in [-0.4, -0.2) is 46.8 Å². The van der Waals surface area contributed by atoms with Crippen molar-refractivity contribution in [2.24, 2.45) is 0 Å². The van der Waals surface area contributed by atoms with Gasteiger partial charge in [0.05, 0.1) is 11.6 Å². The number of aliphatic hydroxyl groups excluding tert-OH is 1. The van der Waals surface area contributed by atoms with Gasteiger partial charge in [0.2, 0.25) is 5.13 Å². The number of benzene rings is 3. The van der Waals surface area contributed by atoms with E-state index in [4.69, 9.17) is 25.8 Å². The highest BCUT2D eigenvalue weighted by Crippen LogP contribution is 2.45. The fourth-order valence-electron chi connectivity index (χ4n) is 4.73. The average Bonchev–Trinajstić information content (AvgIpc) is 3.60. The molecule has 0 saturated carbocycles. The number of ketones is 1. The summed E-state index contributed by atoms with van der Waals surface area (Å²) in [6.07, 6.45) is 1.61. The monoisotopic (exact) mass is 633 g/mol. The molecule has 1 aromatic heterocycles. The van der Waals surface area contributed by atoms with Gasteiger partial charge in [0.1, 0.15) is 31.3 Å². The van der Waals surface area contributed by atoms with Gasteiger partial charge in [-0.05, 0) is 47.5 Å². The lowest BCUT2D eigenvalue weighted by Crippen LogP contribution is -2.29. The van der Waals surface area contributed by atoms with E-state index in [9.17, 15) is 14.7 Å². The zero-order valence-electron chi connectivity index (χ0n) is 22.6. The molecule has 0 radical (unpaired) electrons. The van der Waals surface area contributed by atoms with Gasteiger partial charge in [-0.3, -0.25) is 14.5 Å². The highest BCUT2D eigenvalue weighted by atomic mass is 35.5. The molecule has 1 fully saturated rings. The summed E-state index contributed by atoms with van der Waals surface area (Å²) in [5, 5.41) is 20.9. The number of anilines is 1. The van der Waals surface area contributed by atoms with Crippen LogP contribution in [-0.2, 0) is 15.3 Å². The number of carbonyl (C=O) groups is 2. The number of amides is 1. The van der Waals surface area contributed by atoms with E-state index in [2.05, 4.69) is 16.8 Å². The molecule has 0 unspecified atom stereocenters. The molecule has 9 nitrogen and oxygen atoms in total. The molecule has 12 heteroatoms. The number of halogens is 1. The molecule has 1 N–H and O–H groups in total. The lowest BCUT2D eigenvalue weighted by atomic mass is 9.95. The quantitative estimate of drug-likeness (QED) is 0.0555. The van der Waals surface area contributed by atoms with Gasteiger partial charge >= 0.3 is 5.91 Å². The molecule has 1 saturated heterocycles. The highest BCUT2D eigenvalue weighted by molar-refractivity contribution is 8.00. The standard InChI is InChI=1S/C31H24ClN3O6S2/c1-2-12-39-21-8-5-7-18(15-21)26-25(27(36)19-10-11-23-24(16-19)41-14-13-40-23)28(37)29(38)35(26)30-33-34-31(43-30)42-17-20-6-3-4-9-22(20)32/h2-11,15-16,26,36H,1,12-14,17H2/b27-25+/t26-/m0/s1. The maximum Gasteiger partial charge on any atom is 0.301 e. The summed E-state index contributed by atoms with van der Waals surface area (Å²) in [5.41, 5.74) is 1.69. The minimum absolute atomic E-state index is 0.0944. The molecule has 3 aromatic carbocycles. The summed E-state index contributed by atoms with van der Waals surface area (Å²) in [4.78, 5) is 28.5. The smallest absolute Gasteiger partial charge is 0.301 e. The van der Waals surface area contributed by atoms with Gasteiger partial charge in [-0.1, -0.05) is 77.7 Å². The van der Waals surface area contributed by atoms with Gasteiger partial charge in [0, 0.05) is 16.3 Å². The molecule has 43 heavy (non-hydrogen) atoms. The van der Waals surface area contributed by atoms with E-state index in [1.807, 2.05) is 24.3 Å².